The number of aromatic amines is 1. The predicted molar refractivity (Wildman–Crippen MR) is 99.2 cm³/mol. The highest BCUT2D eigenvalue weighted by atomic mass is 32.1. The van der Waals surface area contributed by atoms with Crippen molar-refractivity contribution in [3.63, 3.8) is 0 Å². The molecule has 0 spiro atoms. The van der Waals surface area contributed by atoms with E-state index >= 15 is 0 Å². The van der Waals surface area contributed by atoms with Gasteiger partial charge in [-0.15, -0.1) is 10.2 Å². The van der Waals surface area contributed by atoms with Gasteiger partial charge in [0.25, 0.3) is 0 Å². The molecule has 1 saturated heterocycles. The van der Waals surface area contributed by atoms with Gasteiger partial charge in [-0.3, -0.25) is 0 Å². The van der Waals surface area contributed by atoms with Crippen LogP contribution in [0.25, 0.3) is 11.0 Å². The molecule has 1 N–H and O–H groups in total. The second-order valence-corrected chi connectivity index (χ2v) is 8.36. The van der Waals surface area contributed by atoms with E-state index in [2.05, 4.69) is 48.1 Å². The van der Waals surface area contributed by atoms with E-state index in [1.54, 1.807) is 17.7 Å². The Morgan fingerprint density at radius 1 is 1.20 bits per heavy atom. The lowest BCUT2D eigenvalue weighted by Gasteiger charge is -2.27. The molecular weight excluding hydrogens is 334 g/mol. The highest BCUT2D eigenvalue weighted by molar-refractivity contribution is 7.15. The molecule has 2 unspecified atom stereocenters. The van der Waals surface area contributed by atoms with Gasteiger partial charge in [0, 0.05) is 32.4 Å². The van der Waals surface area contributed by atoms with Crippen LogP contribution in [0.5, 0.6) is 0 Å². The summed E-state index contributed by atoms with van der Waals surface area (Å²) in [6, 6.07) is 2.61. The van der Waals surface area contributed by atoms with Crippen molar-refractivity contribution in [2.75, 3.05) is 29.9 Å². The van der Waals surface area contributed by atoms with Gasteiger partial charge in [0.2, 0.25) is 5.13 Å². The van der Waals surface area contributed by atoms with Gasteiger partial charge >= 0.3 is 0 Å². The maximum atomic E-state index is 4.55. The fourth-order valence-corrected chi connectivity index (χ4v) is 5.17. The lowest BCUT2D eigenvalue weighted by atomic mass is 10.0. The minimum absolute atomic E-state index is 0.543. The zero-order chi connectivity index (χ0) is 17.0. The number of hydrogen-bond donors (Lipinski definition) is 1. The third-order valence-electron chi connectivity index (χ3n) is 5.73. The summed E-state index contributed by atoms with van der Waals surface area (Å²) < 4.78 is 0. The molecule has 8 heteroatoms. The van der Waals surface area contributed by atoms with Crippen molar-refractivity contribution in [1.82, 2.24) is 25.1 Å². The fraction of sp³-hybridized carbons (Fsp3) is 0.529. The van der Waals surface area contributed by atoms with E-state index in [1.165, 1.54) is 12.8 Å². The second-order valence-electron chi connectivity index (χ2n) is 7.20. The van der Waals surface area contributed by atoms with Crippen LogP contribution in [0.2, 0.25) is 0 Å². The van der Waals surface area contributed by atoms with Gasteiger partial charge in [-0.2, -0.15) is 0 Å². The summed E-state index contributed by atoms with van der Waals surface area (Å²) in [4.78, 5) is 16.8. The maximum absolute atomic E-state index is 4.55. The number of H-pyrrole nitrogens is 1. The van der Waals surface area contributed by atoms with Crippen LogP contribution in [0.4, 0.5) is 10.9 Å². The monoisotopic (exact) mass is 355 g/mol. The quantitative estimate of drug-likeness (QED) is 0.778. The Hall–Kier alpha value is -2.22. The number of nitrogens with zero attached hydrogens (tertiary/aromatic N) is 6. The summed E-state index contributed by atoms with van der Waals surface area (Å²) in [6.07, 6.45) is 6.01. The number of nitrogens with one attached hydrogen (secondary N) is 1. The number of aromatic nitrogens is 5. The molecule has 2 fully saturated rings. The maximum Gasteiger partial charge on any atom is 0.208 e. The summed E-state index contributed by atoms with van der Waals surface area (Å²) in [5.41, 5.74) is 0.910. The first-order chi connectivity index (χ1) is 12.2. The second kappa shape index (κ2) is 5.66. The van der Waals surface area contributed by atoms with Crippen LogP contribution in [-0.2, 0) is 0 Å². The first-order valence-corrected chi connectivity index (χ1v) is 9.56. The normalized spacial score (nSPS) is 25.7. The first kappa shape index (κ1) is 15.1. The number of fused-ring (bicyclic) bond motifs is 2. The Morgan fingerprint density at radius 3 is 2.72 bits per heavy atom. The summed E-state index contributed by atoms with van der Waals surface area (Å²) in [6.45, 7) is 4.23. The zero-order valence-corrected chi connectivity index (χ0v) is 15.2. The Morgan fingerprint density at radius 2 is 2.00 bits per heavy atom. The van der Waals surface area contributed by atoms with Gasteiger partial charge in [0.1, 0.15) is 22.8 Å². The molecule has 2 atom stereocenters. The molecule has 130 valence electrons. The topological polar surface area (TPSA) is 73.8 Å². The third kappa shape index (κ3) is 2.47. The molecule has 0 amide bonds. The van der Waals surface area contributed by atoms with Crippen molar-refractivity contribution in [1.29, 1.82) is 0 Å². The van der Waals surface area contributed by atoms with Crippen LogP contribution >= 0.6 is 11.3 Å². The minimum Gasteiger partial charge on any atom is -0.356 e. The number of aryl methyl sites for hydroxylation is 1. The smallest absolute Gasteiger partial charge is 0.208 e. The van der Waals surface area contributed by atoms with Crippen LogP contribution < -0.4 is 9.80 Å². The van der Waals surface area contributed by atoms with Gasteiger partial charge in [-0.05, 0) is 37.7 Å². The molecule has 3 aromatic rings. The standard InChI is InChI=1S/C17H21N7S/c1-10-21-22-17(25-10)24-7-11-5-13(6-12(11)8-24)23(2)16-14-3-4-18-15(14)19-9-20-16/h3-4,9,11-13H,5-8H2,1-2H3,(H,18,19,20). The van der Waals surface area contributed by atoms with Crippen LogP contribution in [0, 0.1) is 18.8 Å². The summed E-state index contributed by atoms with van der Waals surface area (Å²) >= 11 is 1.70. The van der Waals surface area contributed by atoms with Crippen molar-refractivity contribution in [2.24, 2.45) is 11.8 Å². The van der Waals surface area contributed by atoms with E-state index in [0.29, 0.717) is 6.04 Å². The molecule has 1 saturated carbocycles. The summed E-state index contributed by atoms with van der Waals surface area (Å²) in [5, 5.41) is 11.7. The van der Waals surface area contributed by atoms with Crippen LogP contribution in [0.15, 0.2) is 18.6 Å². The SMILES string of the molecule is Cc1nnc(N2CC3CC(N(C)c4ncnc5[nH]ccc45)CC3C2)s1. The summed E-state index contributed by atoms with van der Waals surface area (Å²) in [5.74, 6) is 2.51. The van der Waals surface area contributed by atoms with E-state index in [9.17, 15) is 0 Å². The van der Waals surface area contributed by atoms with Crippen molar-refractivity contribution in [3.05, 3.63) is 23.6 Å². The van der Waals surface area contributed by atoms with Crippen molar-refractivity contribution >= 4 is 33.3 Å². The lowest BCUT2D eigenvalue weighted by molar-refractivity contribution is 0.494. The van der Waals surface area contributed by atoms with E-state index in [-0.39, 0.29) is 0 Å². The van der Waals surface area contributed by atoms with Gasteiger partial charge in [-0.1, -0.05) is 11.3 Å². The van der Waals surface area contributed by atoms with Gasteiger partial charge in [0.15, 0.2) is 0 Å². The van der Waals surface area contributed by atoms with E-state index in [1.807, 2.05) is 13.1 Å². The molecule has 3 aromatic heterocycles. The predicted octanol–water partition coefficient (Wildman–Crippen LogP) is 2.47. The minimum atomic E-state index is 0.543. The molecular formula is C17H21N7S. The van der Waals surface area contributed by atoms with E-state index in [4.69, 9.17) is 0 Å². The molecule has 7 nitrogen and oxygen atoms in total. The molecule has 4 heterocycles. The van der Waals surface area contributed by atoms with E-state index in [0.717, 1.165) is 51.9 Å². The molecule has 0 bridgehead atoms. The average molecular weight is 355 g/mol. The van der Waals surface area contributed by atoms with Crippen LogP contribution in [0.3, 0.4) is 0 Å². The lowest BCUT2D eigenvalue weighted by Crippen LogP contribution is -2.32. The average Bonchev–Trinajstić information content (AvgIpc) is 3.35. The highest BCUT2D eigenvalue weighted by Crippen LogP contribution is 2.43. The molecule has 25 heavy (non-hydrogen) atoms. The number of rotatable bonds is 3. The number of anilines is 2. The highest BCUT2D eigenvalue weighted by Gasteiger charge is 2.43. The van der Waals surface area contributed by atoms with Crippen molar-refractivity contribution in [2.45, 2.75) is 25.8 Å². The fourth-order valence-electron chi connectivity index (χ4n) is 4.47. The Kier molecular flexibility index (Phi) is 3.41. The molecule has 1 aliphatic heterocycles. The Bertz CT molecular complexity index is 889. The Labute approximate surface area is 150 Å². The van der Waals surface area contributed by atoms with Crippen LogP contribution in [-0.4, -0.2) is 51.3 Å². The van der Waals surface area contributed by atoms with Crippen molar-refractivity contribution in [3.8, 4) is 0 Å². The molecule has 2 aliphatic rings. The largest absolute Gasteiger partial charge is 0.356 e. The third-order valence-corrected chi connectivity index (χ3v) is 6.63. The zero-order valence-electron chi connectivity index (χ0n) is 14.4. The van der Waals surface area contributed by atoms with Gasteiger partial charge < -0.3 is 14.8 Å². The molecule has 5 rings (SSSR count). The molecule has 0 radical (unpaired) electrons. The van der Waals surface area contributed by atoms with Gasteiger partial charge in [0.05, 0.1) is 5.39 Å². The first-order valence-electron chi connectivity index (χ1n) is 8.75. The number of hydrogen-bond acceptors (Lipinski definition) is 7. The van der Waals surface area contributed by atoms with Gasteiger partial charge in [-0.25, -0.2) is 9.97 Å². The molecule has 0 aromatic carbocycles. The molecule has 1 aliphatic carbocycles. The van der Waals surface area contributed by atoms with Crippen LogP contribution in [0.1, 0.15) is 17.8 Å². The Balaban J connectivity index is 1.32. The van der Waals surface area contributed by atoms with E-state index < -0.39 is 0 Å². The summed E-state index contributed by atoms with van der Waals surface area (Å²) in [7, 11) is 2.17. The van der Waals surface area contributed by atoms with Crippen molar-refractivity contribution < 1.29 is 0 Å².